The molecule has 1 rings (SSSR count). The summed E-state index contributed by atoms with van der Waals surface area (Å²) in [6.07, 6.45) is 4.64. The molecular weight excluding hydrogens is 204 g/mol. The van der Waals surface area contributed by atoms with E-state index in [2.05, 4.69) is 23.7 Å². The largest absolute Gasteiger partial charge is 0.398 e. The van der Waals surface area contributed by atoms with E-state index in [0.717, 1.165) is 23.5 Å². The van der Waals surface area contributed by atoms with E-state index in [1.54, 1.807) is 0 Å². The maximum absolute atomic E-state index is 5.83. The number of nitrogens with one attached hydrogen (secondary N) is 1. The van der Waals surface area contributed by atoms with Gasteiger partial charge in [-0.25, -0.2) is 0 Å². The van der Waals surface area contributed by atoms with Crippen molar-refractivity contribution in [2.24, 2.45) is 0 Å². The quantitative estimate of drug-likeness (QED) is 0.576. The van der Waals surface area contributed by atoms with Gasteiger partial charge in [-0.05, 0) is 49.5 Å². The van der Waals surface area contributed by atoms with E-state index in [-0.39, 0.29) is 0 Å². The molecule has 0 amide bonds. The average molecular weight is 224 g/mol. The molecule has 84 valence electrons. The van der Waals surface area contributed by atoms with Gasteiger partial charge in [0.25, 0.3) is 0 Å². The van der Waals surface area contributed by atoms with Crippen LogP contribution in [0.2, 0.25) is 0 Å². The second kappa shape index (κ2) is 6.62. The highest BCUT2D eigenvalue weighted by molar-refractivity contribution is 7.98. The van der Waals surface area contributed by atoms with Crippen LogP contribution in [0.1, 0.15) is 18.4 Å². The molecule has 0 heterocycles. The summed E-state index contributed by atoms with van der Waals surface area (Å²) < 4.78 is 0. The van der Waals surface area contributed by atoms with E-state index in [0.29, 0.717) is 0 Å². The highest BCUT2D eigenvalue weighted by atomic mass is 32.2. The minimum absolute atomic E-state index is 0.865. The average Bonchev–Trinajstić information content (AvgIpc) is 2.23. The maximum Gasteiger partial charge on any atom is 0.0364 e. The third-order valence-corrected chi connectivity index (χ3v) is 3.08. The molecule has 0 saturated heterocycles. The molecular formula is C12H20N2S. The van der Waals surface area contributed by atoms with E-state index in [1.807, 2.05) is 24.8 Å². The molecule has 0 unspecified atom stereocenters. The zero-order valence-electron chi connectivity index (χ0n) is 9.55. The predicted molar refractivity (Wildman–Crippen MR) is 71.7 cm³/mol. The summed E-state index contributed by atoms with van der Waals surface area (Å²) in [5, 5.41) is 3.38. The van der Waals surface area contributed by atoms with Gasteiger partial charge in [-0.2, -0.15) is 11.8 Å². The molecule has 1 aromatic rings. The van der Waals surface area contributed by atoms with Crippen molar-refractivity contribution in [1.82, 2.24) is 0 Å². The van der Waals surface area contributed by atoms with Crippen molar-refractivity contribution in [2.75, 3.05) is 29.6 Å². The van der Waals surface area contributed by atoms with Crippen LogP contribution in [-0.4, -0.2) is 18.6 Å². The molecule has 3 heteroatoms. The third-order valence-electron chi connectivity index (χ3n) is 2.38. The monoisotopic (exact) mass is 224 g/mol. The Kier molecular flexibility index (Phi) is 5.40. The van der Waals surface area contributed by atoms with Gasteiger partial charge in [0.15, 0.2) is 0 Å². The zero-order valence-corrected chi connectivity index (χ0v) is 10.4. The minimum Gasteiger partial charge on any atom is -0.398 e. The zero-order chi connectivity index (χ0) is 11.1. The first kappa shape index (κ1) is 12.2. The molecule has 0 fully saturated rings. The van der Waals surface area contributed by atoms with Gasteiger partial charge in [0, 0.05) is 17.9 Å². The molecule has 0 saturated carbocycles. The van der Waals surface area contributed by atoms with E-state index in [9.17, 15) is 0 Å². The number of thioether (sulfide) groups is 1. The van der Waals surface area contributed by atoms with Gasteiger partial charge >= 0.3 is 0 Å². The van der Waals surface area contributed by atoms with Gasteiger partial charge in [0.05, 0.1) is 0 Å². The standard InChI is InChI=1S/C12H20N2S/c1-10-5-6-11(9-12(10)13)14-7-3-4-8-15-2/h5-6,9,14H,3-4,7-8,13H2,1-2H3. The van der Waals surface area contributed by atoms with Crippen LogP contribution < -0.4 is 11.1 Å². The summed E-state index contributed by atoms with van der Waals surface area (Å²) in [4.78, 5) is 0. The van der Waals surface area contributed by atoms with Gasteiger partial charge in [-0.3, -0.25) is 0 Å². The molecule has 3 N–H and O–H groups in total. The minimum atomic E-state index is 0.865. The van der Waals surface area contributed by atoms with Gasteiger partial charge in [0.2, 0.25) is 0 Å². The number of rotatable bonds is 6. The molecule has 0 aliphatic carbocycles. The summed E-state index contributed by atoms with van der Waals surface area (Å²) in [6, 6.07) is 6.14. The molecule has 0 radical (unpaired) electrons. The fourth-order valence-corrected chi connectivity index (χ4v) is 1.85. The van der Waals surface area contributed by atoms with Gasteiger partial charge in [-0.1, -0.05) is 6.07 Å². The molecule has 0 spiro atoms. The van der Waals surface area contributed by atoms with E-state index in [1.165, 1.54) is 18.6 Å². The van der Waals surface area contributed by atoms with E-state index < -0.39 is 0 Å². The van der Waals surface area contributed by atoms with Crippen LogP contribution in [0.5, 0.6) is 0 Å². The van der Waals surface area contributed by atoms with Crippen molar-refractivity contribution in [3.63, 3.8) is 0 Å². The van der Waals surface area contributed by atoms with Crippen LogP contribution in [0.4, 0.5) is 11.4 Å². The molecule has 2 nitrogen and oxygen atoms in total. The second-order valence-electron chi connectivity index (χ2n) is 3.70. The Balaban J connectivity index is 2.28. The number of nitrogens with two attached hydrogens (primary N) is 1. The number of benzene rings is 1. The third kappa shape index (κ3) is 4.47. The number of aryl methyl sites for hydroxylation is 1. The van der Waals surface area contributed by atoms with Crippen molar-refractivity contribution in [2.45, 2.75) is 19.8 Å². The lowest BCUT2D eigenvalue weighted by atomic mass is 10.2. The number of unbranched alkanes of at least 4 members (excludes halogenated alkanes) is 1. The van der Waals surface area contributed by atoms with Gasteiger partial charge in [0.1, 0.15) is 0 Å². The van der Waals surface area contributed by atoms with Crippen molar-refractivity contribution in [1.29, 1.82) is 0 Å². The summed E-state index contributed by atoms with van der Waals surface area (Å²) >= 11 is 1.90. The predicted octanol–water partition coefficient (Wildman–Crippen LogP) is 3.13. The van der Waals surface area contributed by atoms with Crippen molar-refractivity contribution < 1.29 is 0 Å². The van der Waals surface area contributed by atoms with Crippen molar-refractivity contribution in [3.8, 4) is 0 Å². The van der Waals surface area contributed by atoms with Crippen molar-refractivity contribution in [3.05, 3.63) is 23.8 Å². The Morgan fingerprint density at radius 2 is 2.13 bits per heavy atom. The topological polar surface area (TPSA) is 38.0 Å². The number of nitrogen functional groups attached to an aromatic ring is 1. The first-order valence-electron chi connectivity index (χ1n) is 5.33. The van der Waals surface area contributed by atoms with Crippen LogP contribution in [0.15, 0.2) is 18.2 Å². The van der Waals surface area contributed by atoms with Crippen LogP contribution in [0.3, 0.4) is 0 Å². The lowest BCUT2D eigenvalue weighted by Gasteiger charge is -2.08. The Bertz CT molecular complexity index is 300. The van der Waals surface area contributed by atoms with E-state index >= 15 is 0 Å². The molecule has 0 aromatic heterocycles. The summed E-state index contributed by atoms with van der Waals surface area (Å²) in [6.45, 7) is 3.06. The SMILES string of the molecule is CSCCCCNc1ccc(C)c(N)c1. The number of hydrogen-bond acceptors (Lipinski definition) is 3. The maximum atomic E-state index is 5.83. The summed E-state index contributed by atoms with van der Waals surface area (Å²) in [5.74, 6) is 1.25. The Morgan fingerprint density at radius 1 is 1.33 bits per heavy atom. The molecule has 0 aliphatic heterocycles. The number of anilines is 2. The molecule has 0 atom stereocenters. The lowest BCUT2D eigenvalue weighted by molar-refractivity contribution is 0.843. The first-order chi connectivity index (χ1) is 7.24. The van der Waals surface area contributed by atoms with Crippen molar-refractivity contribution >= 4 is 23.1 Å². The number of hydrogen-bond donors (Lipinski definition) is 2. The highest BCUT2D eigenvalue weighted by Gasteiger charge is 1.95. The lowest BCUT2D eigenvalue weighted by Crippen LogP contribution is -2.02. The molecule has 0 bridgehead atoms. The fraction of sp³-hybridized carbons (Fsp3) is 0.500. The fourth-order valence-electron chi connectivity index (χ4n) is 1.35. The van der Waals surface area contributed by atoms with Gasteiger partial charge < -0.3 is 11.1 Å². The normalized spacial score (nSPS) is 10.3. The first-order valence-corrected chi connectivity index (χ1v) is 6.72. The Labute approximate surface area is 96.6 Å². The van der Waals surface area contributed by atoms with Crippen LogP contribution >= 0.6 is 11.8 Å². The molecule has 0 aliphatic rings. The molecule has 1 aromatic carbocycles. The second-order valence-corrected chi connectivity index (χ2v) is 4.68. The van der Waals surface area contributed by atoms with Gasteiger partial charge in [-0.15, -0.1) is 0 Å². The van der Waals surface area contributed by atoms with Crippen LogP contribution in [0.25, 0.3) is 0 Å². The molecule has 15 heavy (non-hydrogen) atoms. The summed E-state index contributed by atoms with van der Waals surface area (Å²) in [5.41, 5.74) is 8.96. The van der Waals surface area contributed by atoms with E-state index in [4.69, 9.17) is 5.73 Å². The Hall–Kier alpha value is -0.830. The smallest absolute Gasteiger partial charge is 0.0364 e. The highest BCUT2D eigenvalue weighted by Crippen LogP contribution is 2.16. The van der Waals surface area contributed by atoms with Crippen LogP contribution in [0, 0.1) is 6.92 Å². The Morgan fingerprint density at radius 3 is 2.80 bits per heavy atom. The summed E-state index contributed by atoms with van der Waals surface area (Å²) in [7, 11) is 0. The van der Waals surface area contributed by atoms with Crippen LogP contribution in [-0.2, 0) is 0 Å².